The van der Waals surface area contributed by atoms with Crippen LogP contribution in [-0.4, -0.2) is 46.7 Å². The Bertz CT molecular complexity index is 1970. The number of carbonyl (C=O) groups is 2. The molecule has 1 saturated heterocycles. The van der Waals surface area contributed by atoms with Gasteiger partial charge in [0.05, 0.1) is 18.8 Å². The van der Waals surface area contributed by atoms with E-state index in [9.17, 15) is 14.7 Å². The van der Waals surface area contributed by atoms with Gasteiger partial charge in [0.15, 0.2) is 6.29 Å². The average molecular weight is 716 g/mol. The number of rotatable bonds is 15. The largest absolute Gasteiger partial charge is 0.392 e. The number of nitrogens with one attached hydrogen (secondary N) is 2. The van der Waals surface area contributed by atoms with E-state index in [1.165, 1.54) is 16.3 Å². The summed E-state index contributed by atoms with van der Waals surface area (Å²) in [6, 6.07) is 39.6. The zero-order chi connectivity index (χ0) is 37.2. The molecular formula is C44H49N3O6. The zero-order valence-electron chi connectivity index (χ0n) is 30.4. The number of hydrogen-bond acceptors (Lipinski definition) is 7. The standard InChI is InChI=1S/C44H49N3O6/c1-30(37-23-20-33-9-3-4-10-39(33)25-37)47(2)28-40-26-41(35-16-14-31(29-48)15-17-35)53-44(52-40)36-21-18-34(19-22-36)38-11-7-8-32(24-38)27-45-42(49)12-5-6-13-43(50)46-51/h3-4,7-11,14-25,30,40-41,44,48,51H,5-6,12-13,26-29H2,1-2H3,(H,45,49)(H,46,50)/t30-,40+,41-,44-/m1/s1. The van der Waals surface area contributed by atoms with E-state index in [-0.39, 0.29) is 37.2 Å². The number of aliphatic hydroxyl groups is 1. The molecule has 0 aromatic heterocycles. The lowest BCUT2D eigenvalue weighted by atomic mass is 9.98. The van der Waals surface area contributed by atoms with Gasteiger partial charge in [-0.1, -0.05) is 103 Å². The second-order valence-corrected chi connectivity index (χ2v) is 13.9. The molecule has 276 valence electrons. The highest BCUT2D eigenvalue weighted by Crippen LogP contribution is 2.39. The van der Waals surface area contributed by atoms with Gasteiger partial charge in [-0.2, -0.15) is 0 Å². The first-order valence-corrected chi connectivity index (χ1v) is 18.4. The lowest BCUT2D eigenvalue weighted by Gasteiger charge is -2.39. The fourth-order valence-electron chi connectivity index (χ4n) is 6.84. The number of ether oxygens (including phenoxy) is 2. The summed E-state index contributed by atoms with van der Waals surface area (Å²) < 4.78 is 13.3. The van der Waals surface area contributed by atoms with Crippen molar-refractivity contribution in [3.63, 3.8) is 0 Å². The Morgan fingerprint density at radius 2 is 1.49 bits per heavy atom. The number of aliphatic hydroxyl groups excluding tert-OH is 1. The van der Waals surface area contributed by atoms with Crippen molar-refractivity contribution < 1.29 is 29.4 Å². The smallest absolute Gasteiger partial charge is 0.243 e. The van der Waals surface area contributed by atoms with Crippen molar-refractivity contribution in [2.24, 2.45) is 0 Å². The van der Waals surface area contributed by atoms with Gasteiger partial charge in [-0.25, -0.2) is 5.48 Å². The fourth-order valence-corrected chi connectivity index (χ4v) is 6.84. The van der Waals surface area contributed by atoms with E-state index < -0.39 is 12.2 Å². The number of nitrogens with zero attached hydrogens (tertiary/aromatic N) is 1. The molecule has 6 rings (SSSR count). The normalized spacial score (nSPS) is 17.8. The van der Waals surface area contributed by atoms with Crippen molar-refractivity contribution in [1.29, 1.82) is 0 Å². The highest BCUT2D eigenvalue weighted by molar-refractivity contribution is 5.83. The van der Waals surface area contributed by atoms with Crippen molar-refractivity contribution in [2.75, 3.05) is 13.6 Å². The van der Waals surface area contributed by atoms with Crippen LogP contribution in [0.25, 0.3) is 21.9 Å². The number of hydrogen-bond donors (Lipinski definition) is 4. The average Bonchev–Trinajstić information content (AvgIpc) is 3.21. The Labute approximate surface area is 311 Å². The van der Waals surface area contributed by atoms with Gasteiger partial charge in [0.2, 0.25) is 11.8 Å². The summed E-state index contributed by atoms with van der Waals surface area (Å²) in [5.74, 6) is -0.523. The molecule has 53 heavy (non-hydrogen) atoms. The highest BCUT2D eigenvalue weighted by atomic mass is 16.7. The highest BCUT2D eigenvalue weighted by Gasteiger charge is 2.33. The number of hydroxylamine groups is 1. The summed E-state index contributed by atoms with van der Waals surface area (Å²) in [6.07, 6.45) is 1.48. The molecule has 1 fully saturated rings. The topological polar surface area (TPSA) is 120 Å². The molecule has 1 aliphatic rings. The number of fused-ring (bicyclic) bond motifs is 1. The van der Waals surface area contributed by atoms with Gasteiger partial charge in [0.1, 0.15) is 0 Å². The Morgan fingerprint density at radius 1 is 0.774 bits per heavy atom. The van der Waals surface area contributed by atoms with Gasteiger partial charge in [0, 0.05) is 44.0 Å². The number of benzene rings is 5. The molecule has 0 saturated carbocycles. The summed E-state index contributed by atoms with van der Waals surface area (Å²) in [5, 5.41) is 23.6. The molecule has 9 nitrogen and oxygen atoms in total. The molecule has 0 spiro atoms. The molecule has 4 N–H and O–H groups in total. The molecule has 4 atom stereocenters. The number of carbonyl (C=O) groups excluding carboxylic acids is 2. The van der Waals surface area contributed by atoms with Crippen molar-refractivity contribution in [1.82, 2.24) is 15.7 Å². The lowest BCUT2D eigenvalue weighted by molar-refractivity contribution is -0.253. The Kier molecular flexibility index (Phi) is 13.0. The van der Waals surface area contributed by atoms with Crippen LogP contribution in [0.15, 0.2) is 115 Å². The molecule has 0 radical (unpaired) electrons. The van der Waals surface area contributed by atoms with Crippen LogP contribution in [0.2, 0.25) is 0 Å². The Hall–Kier alpha value is -4.90. The monoisotopic (exact) mass is 715 g/mol. The van der Waals surface area contributed by atoms with Crippen LogP contribution in [0, 0.1) is 0 Å². The first kappa shape index (κ1) is 37.8. The Balaban J connectivity index is 1.12. The minimum Gasteiger partial charge on any atom is -0.392 e. The van der Waals surface area contributed by atoms with Crippen molar-refractivity contribution >= 4 is 22.6 Å². The molecule has 1 aliphatic heterocycles. The minimum absolute atomic E-state index is 0.00341. The summed E-state index contributed by atoms with van der Waals surface area (Å²) in [4.78, 5) is 25.8. The molecule has 1 heterocycles. The van der Waals surface area contributed by atoms with E-state index in [0.717, 1.165) is 39.9 Å². The molecule has 0 unspecified atom stereocenters. The van der Waals surface area contributed by atoms with Gasteiger partial charge in [0.25, 0.3) is 0 Å². The van der Waals surface area contributed by atoms with Crippen LogP contribution < -0.4 is 10.8 Å². The van der Waals surface area contributed by atoms with Crippen LogP contribution >= 0.6 is 0 Å². The lowest BCUT2D eigenvalue weighted by Crippen LogP contribution is -2.38. The van der Waals surface area contributed by atoms with Gasteiger partial charge >= 0.3 is 0 Å². The summed E-state index contributed by atoms with van der Waals surface area (Å²) in [7, 11) is 2.15. The first-order chi connectivity index (χ1) is 25.8. The van der Waals surface area contributed by atoms with Crippen LogP contribution in [0.3, 0.4) is 0 Å². The quantitative estimate of drug-likeness (QED) is 0.0494. The van der Waals surface area contributed by atoms with Crippen molar-refractivity contribution in [3.8, 4) is 11.1 Å². The van der Waals surface area contributed by atoms with Crippen LogP contribution in [0.5, 0.6) is 0 Å². The van der Waals surface area contributed by atoms with E-state index in [1.807, 2.05) is 36.4 Å². The van der Waals surface area contributed by atoms with Gasteiger partial charge in [-0.05, 0) is 83.1 Å². The predicted octanol–water partition coefficient (Wildman–Crippen LogP) is 7.92. The van der Waals surface area contributed by atoms with E-state index >= 15 is 0 Å². The zero-order valence-corrected chi connectivity index (χ0v) is 30.4. The predicted molar refractivity (Wildman–Crippen MR) is 206 cm³/mol. The van der Waals surface area contributed by atoms with Gasteiger partial charge < -0.3 is 19.9 Å². The van der Waals surface area contributed by atoms with Gasteiger partial charge in [-0.3, -0.25) is 19.7 Å². The number of likely N-dealkylation sites (N-methyl/N-ethyl adjacent to an activating group) is 1. The second-order valence-electron chi connectivity index (χ2n) is 13.9. The van der Waals surface area contributed by atoms with Crippen LogP contribution in [-0.2, 0) is 32.2 Å². The molecule has 0 bridgehead atoms. The second kappa shape index (κ2) is 18.2. The minimum atomic E-state index is -0.561. The van der Waals surface area contributed by atoms with E-state index in [4.69, 9.17) is 14.7 Å². The molecule has 2 amide bonds. The third-order valence-electron chi connectivity index (χ3n) is 10.1. The molecular weight excluding hydrogens is 666 g/mol. The summed E-state index contributed by atoms with van der Waals surface area (Å²) in [5.41, 5.74) is 8.78. The fraction of sp³-hybridized carbons (Fsp3) is 0.318. The third kappa shape index (κ3) is 10.2. The Morgan fingerprint density at radius 3 is 2.23 bits per heavy atom. The SMILES string of the molecule is C[C@H](c1ccc2ccccc2c1)N(C)C[C@@H]1C[C@H](c2ccc(CO)cc2)O[C@H](c2ccc(-c3cccc(CNC(=O)CCCCC(=O)NO)c3)cc2)O1. The van der Waals surface area contributed by atoms with Crippen LogP contribution in [0.1, 0.15) is 85.3 Å². The maximum Gasteiger partial charge on any atom is 0.243 e. The van der Waals surface area contributed by atoms with Crippen molar-refractivity contribution in [3.05, 3.63) is 143 Å². The maximum atomic E-state index is 12.3. The maximum absolute atomic E-state index is 12.3. The third-order valence-corrected chi connectivity index (χ3v) is 10.1. The van der Waals surface area contributed by atoms with Crippen LogP contribution in [0.4, 0.5) is 0 Å². The molecule has 5 aromatic carbocycles. The summed E-state index contributed by atoms with van der Waals surface area (Å²) in [6.45, 7) is 3.36. The van der Waals surface area contributed by atoms with E-state index in [0.29, 0.717) is 32.2 Å². The van der Waals surface area contributed by atoms with Crippen molar-refractivity contribution in [2.45, 2.75) is 76.7 Å². The molecule has 9 heteroatoms. The first-order valence-electron chi connectivity index (χ1n) is 18.4. The van der Waals surface area contributed by atoms with Gasteiger partial charge in [-0.15, -0.1) is 0 Å². The molecule has 0 aliphatic carbocycles. The summed E-state index contributed by atoms with van der Waals surface area (Å²) >= 11 is 0. The number of amides is 2. The number of unbranched alkanes of at least 4 members (excludes halogenated alkanes) is 1. The van der Waals surface area contributed by atoms with E-state index in [1.54, 1.807) is 5.48 Å². The molecule has 5 aromatic rings. The van der Waals surface area contributed by atoms with E-state index in [2.05, 4.69) is 103 Å².